The summed E-state index contributed by atoms with van der Waals surface area (Å²) < 4.78 is 21.9. The summed E-state index contributed by atoms with van der Waals surface area (Å²) in [5.41, 5.74) is 6.62. The maximum atomic E-state index is 14.5. The van der Waals surface area contributed by atoms with Crippen LogP contribution in [0, 0.1) is 11.8 Å². The SMILES string of the molecule is CC[C@H]1CC[C@@H](c2ncc(-c3ccc4c(c3)COc3cc5c(ccc6nc([C@@H]7CC[C@H](CC)N7C(=O)[C@@H](NC(=O)OC)C7CCOCC7)[nH]c65)cc3-4)[nH]2)N1C(=O)C(NC(=O)OC)C(C)C. The number of hydrogen-bond acceptors (Lipinski definition) is 10. The van der Waals surface area contributed by atoms with Crippen molar-refractivity contribution in [2.24, 2.45) is 11.8 Å². The molecule has 3 aromatic carbocycles. The van der Waals surface area contributed by atoms with Gasteiger partial charge in [0.15, 0.2) is 0 Å². The Morgan fingerprint density at radius 1 is 0.800 bits per heavy atom. The highest BCUT2D eigenvalue weighted by molar-refractivity contribution is 6.07. The molecule has 0 bridgehead atoms. The van der Waals surface area contributed by atoms with Gasteiger partial charge in [-0.1, -0.05) is 45.9 Å². The first-order valence-corrected chi connectivity index (χ1v) is 23.2. The summed E-state index contributed by atoms with van der Waals surface area (Å²) in [6, 6.07) is 12.8. The van der Waals surface area contributed by atoms with E-state index in [2.05, 4.69) is 70.8 Å². The van der Waals surface area contributed by atoms with Gasteiger partial charge in [-0.2, -0.15) is 0 Å². The van der Waals surface area contributed by atoms with Crippen LogP contribution >= 0.6 is 0 Å². The van der Waals surface area contributed by atoms with Crippen LogP contribution in [-0.4, -0.2) is 105 Å². The highest BCUT2D eigenvalue weighted by Gasteiger charge is 2.45. The Kier molecular flexibility index (Phi) is 12.5. The molecule has 2 aromatic heterocycles. The molecule has 4 aliphatic rings. The molecule has 344 valence electrons. The lowest BCUT2D eigenvalue weighted by Gasteiger charge is -2.36. The zero-order chi connectivity index (χ0) is 45.5. The smallest absolute Gasteiger partial charge is 0.407 e. The van der Waals surface area contributed by atoms with Gasteiger partial charge < -0.3 is 49.3 Å². The van der Waals surface area contributed by atoms with Gasteiger partial charge in [-0.15, -0.1) is 0 Å². The molecule has 4 N–H and O–H groups in total. The van der Waals surface area contributed by atoms with Crippen LogP contribution in [0.4, 0.5) is 9.59 Å². The number of imidazole rings is 2. The fourth-order valence-corrected chi connectivity index (χ4v) is 10.7. The van der Waals surface area contributed by atoms with Crippen molar-refractivity contribution in [2.75, 3.05) is 27.4 Å². The van der Waals surface area contributed by atoms with E-state index < -0.39 is 24.3 Å². The second-order valence-corrected chi connectivity index (χ2v) is 18.2. The largest absolute Gasteiger partial charge is 0.488 e. The van der Waals surface area contributed by atoms with Crippen LogP contribution in [0.3, 0.4) is 0 Å². The first-order chi connectivity index (χ1) is 31.5. The zero-order valence-electron chi connectivity index (χ0n) is 38.1. The molecule has 1 unspecified atom stereocenters. The number of H-pyrrole nitrogens is 2. The number of aromatic amines is 2. The highest BCUT2D eigenvalue weighted by Crippen LogP contribution is 2.45. The predicted molar refractivity (Wildman–Crippen MR) is 244 cm³/mol. The summed E-state index contributed by atoms with van der Waals surface area (Å²) in [6.07, 6.45) is 6.73. The third-order valence-electron chi connectivity index (χ3n) is 14.2. The van der Waals surface area contributed by atoms with E-state index in [9.17, 15) is 19.2 Å². The van der Waals surface area contributed by atoms with Gasteiger partial charge in [0.2, 0.25) is 11.8 Å². The topological polar surface area (TPSA) is 193 Å². The number of fused-ring (bicyclic) bond motifs is 6. The van der Waals surface area contributed by atoms with Crippen LogP contribution in [0.15, 0.2) is 48.7 Å². The summed E-state index contributed by atoms with van der Waals surface area (Å²) in [4.78, 5) is 74.3. The van der Waals surface area contributed by atoms with Crippen molar-refractivity contribution in [3.05, 3.63) is 65.9 Å². The van der Waals surface area contributed by atoms with Crippen LogP contribution in [0.25, 0.3) is 44.2 Å². The second-order valence-electron chi connectivity index (χ2n) is 18.2. The lowest BCUT2D eigenvalue weighted by molar-refractivity contribution is -0.139. The number of hydrogen-bond donors (Lipinski definition) is 4. The van der Waals surface area contributed by atoms with E-state index in [-0.39, 0.29) is 47.8 Å². The van der Waals surface area contributed by atoms with Crippen LogP contribution < -0.4 is 15.4 Å². The predicted octanol–water partition coefficient (Wildman–Crippen LogP) is 8.08. The monoisotopic (exact) mass is 888 g/mol. The van der Waals surface area contributed by atoms with Gasteiger partial charge in [0, 0.05) is 36.2 Å². The minimum atomic E-state index is -0.721. The fraction of sp³-hybridized carbons (Fsp3) is 0.510. The molecule has 3 fully saturated rings. The van der Waals surface area contributed by atoms with Crippen molar-refractivity contribution >= 4 is 45.8 Å². The normalized spacial score (nSPS) is 21.8. The van der Waals surface area contributed by atoms with Gasteiger partial charge in [-0.25, -0.2) is 19.6 Å². The average Bonchev–Trinajstić information content (AvgIpc) is 4.16. The summed E-state index contributed by atoms with van der Waals surface area (Å²) in [5, 5.41) is 7.64. The minimum Gasteiger partial charge on any atom is -0.488 e. The van der Waals surface area contributed by atoms with Gasteiger partial charge in [-0.3, -0.25) is 9.59 Å². The molecule has 5 aromatic rings. The molecule has 65 heavy (non-hydrogen) atoms. The molecule has 4 amide bonds. The number of benzene rings is 3. The van der Waals surface area contributed by atoms with Crippen molar-refractivity contribution in [3.63, 3.8) is 0 Å². The number of amides is 4. The molecule has 4 aliphatic heterocycles. The van der Waals surface area contributed by atoms with Crippen molar-refractivity contribution in [3.8, 4) is 28.1 Å². The van der Waals surface area contributed by atoms with E-state index in [1.165, 1.54) is 14.2 Å². The van der Waals surface area contributed by atoms with Gasteiger partial charge in [-0.05, 0) is 110 Å². The summed E-state index contributed by atoms with van der Waals surface area (Å²) >= 11 is 0. The fourth-order valence-electron chi connectivity index (χ4n) is 10.7. The van der Waals surface area contributed by atoms with E-state index in [0.717, 1.165) is 106 Å². The van der Waals surface area contributed by atoms with E-state index in [1.54, 1.807) is 0 Å². The maximum Gasteiger partial charge on any atom is 0.407 e. The van der Waals surface area contributed by atoms with Crippen LogP contribution in [0.2, 0.25) is 0 Å². The first-order valence-electron chi connectivity index (χ1n) is 23.2. The van der Waals surface area contributed by atoms with Crippen LogP contribution in [0.1, 0.15) is 108 Å². The molecule has 6 heterocycles. The quantitative estimate of drug-likeness (QED) is 0.101. The van der Waals surface area contributed by atoms with Crippen LogP contribution in [0.5, 0.6) is 5.75 Å². The number of alkyl carbamates (subject to hydrolysis) is 2. The Bertz CT molecular complexity index is 2600. The van der Waals surface area contributed by atoms with Gasteiger partial charge in [0.25, 0.3) is 0 Å². The number of aromatic nitrogens is 4. The third-order valence-corrected chi connectivity index (χ3v) is 14.2. The standard InChI is InChI=1S/C49H60N8O8/c1-7-31-11-15-38(56(31)46(58)41(26(3)4)54-48(60)62-5)44-50-24-37(52-44)29-9-13-33-30(21-29)25-65-40-23-34-28(22-35(33)40)10-14-36-43(34)53-45(51-36)39-16-12-32(8-2)57(39)47(59)42(55-49(61)63-6)27-17-19-64-20-18-27/h9-10,13-14,21-24,26-27,31-32,38-39,41-42H,7-8,11-12,15-20,25H2,1-6H3,(H,50,52)(H,51,53)(H,54,60)(H,55,61)/t31-,32-,38-,39-,41?,42-/m0/s1. The molecular formula is C49H60N8O8. The molecule has 0 aliphatic carbocycles. The Labute approximate surface area is 378 Å². The number of nitrogens with zero attached hydrogens (tertiary/aromatic N) is 4. The average molecular weight is 889 g/mol. The molecule has 0 radical (unpaired) electrons. The molecule has 0 saturated carbocycles. The second kappa shape index (κ2) is 18.4. The van der Waals surface area contributed by atoms with E-state index in [4.69, 9.17) is 28.9 Å². The lowest BCUT2D eigenvalue weighted by Crippen LogP contribution is -2.54. The van der Waals surface area contributed by atoms with Crippen molar-refractivity contribution in [1.29, 1.82) is 0 Å². The molecule has 0 spiro atoms. The van der Waals surface area contributed by atoms with E-state index in [0.29, 0.717) is 32.7 Å². The summed E-state index contributed by atoms with van der Waals surface area (Å²) in [5.74, 6) is 1.80. The third kappa shape index (κ3) is 8.25. The molecular weight excluding hydrogens is 829 g/mol. The number of nitrogens with one attached hydrogen (secondary N) is 4. The summed E-state index contributed by atoms with van der Waals surface area (Å²) in [6.45, 7) is 9.49. The summed E-state index contributed by atoms with van der Waals surface area (Å²) in [7, 11) is 2.62. The maximum absolute atomic E-state index is 14.5. The number of likely N-dealkylation sites (tertiary alicyclic amines) is 2. The van der Waals surface area contributed by atoms with Crippen molar-refractivity contribution in [2.45, 2.75) is 122 Å². The minimum absolute atomic E-state index is 0.0123. The Morgan fingerprint density at radius 3 is 2.18 bits per heavy atom. The zero-order valence-corrected chi connectivity index (χ0v) is 38.1. The lowest BCUT2D eigenvalue weighted by atomic mass is 9.90. The van der Waals surface area contributed by atoms with E-state index in [1.807, 2.05) is 35.9 Å². The molecule has 3 saturated heterocycles. The molecule has 9 rings (SSSR count). The number of ether oxygens (including phenoxy) is 4. The van der Waals surface area contributed by atoms with Crippen molar-refractivity contribution < 1.29 is 38.1 Å². The van der Waals surface area contributed by atoms with Gasteiger partial charge in [0.1, 0.15) is 36.1 Å². The number of carbonyl (C=O) groups is 4. The van der Waals surface area contributed by atoms with E-state index >= 15 is 0 Å². The molecule has 6 atom stereocenters. The van der Waals surface area contributed by atoms with Crippen molar-refractivity contribution in [1.82, 2.24) is 40.4 Å². The van der Waals surface area contributed by atoms with Gasteiger partial charge in [0.05, 0.1) is 49.2 Å². The number of carbonyl (C=O) groups excluding carboxylic acids is 4. The first kappa shape index (κ1) is 44.1. The van der Waals surface area contributed by atoms with Gasteiger partial charge >= 0.3 is 12.2 Å². The molecule has 16 nitrogen and oxygen atoms in total. The number of rotatable bonds is 11. The Hall–Kier alpha value is -6.16. The Balaban J connectivity index is 0.973. The Morgan fingerprint density at radius 2 is 1.49 bits per heavy atom. The highest BCUT2D eigenvalue weighted by atomic mass is 16.5. The number of methoxy groups -OCH3 is 2. The molecule has 16 heteroatoms. The van der Waals surface area contributed by atoms with Crippen LogP contribution in [-0.2, 0) is 30.4 Å².